The Kier molecular flexibility index (Phi) is 6.58. The van der Waals surface area contributed by atoms with Gasteiger partial charge in [-0.15, -0.1) is 5.10 Å². The Morgan fingerprint density at radius 2 is 1.75 bits per heavy atom. The van der Waals surface area contributed by atoms with Gasteiger partial charge in [-0.05, 0) is 40.5 Å². The fraction of sp³-hybridized carbons (Fsp3) is 0.333. The Morgan fingerprint density at radius 3 is 2.44 bits per heavy atom. The minimum Gasteiger partial charge on any atom is -0.289 e. The van der Waals surface area contributed by atoms with Gasteiger partial charge < -0.3 is 0 Å². The zero-order valence-corrected chi connectivity index (χ0v) is 18.4. The molecule has 0 amide bonds. The second-order valence-corrected chi connectivity index (χ2v) is 7.83. The molecule has 0 fully saturated rings. The van der Waals surface area contributed by atoms with Crippen molar-refractivity contribution < 1.29 is 4.39 Å². The highest BCUT2D eigenvalue weighted by Crippen LogP contribution is 2.26. The molecule has 0 aliphatic heterocycles. The van der Waals surface area contributed by atoms with Crippen LogP contribution in [-0.2, 0) is 19.5 Å². The molecule has 7 nitrogen and oxygen atoms in total. The molecule has 0 saturated carbocycles. The zero-order chi connectivity index (χ0) is 22.5. The summed E-state index contributed by atoms with van der Waals surface area (Å²) in [6.45, 7) is 4.79. The molecule has 0 N–H and O–H groups in total. The minimum atomic E-state index is -0.391. The first-order chi connectivity index (χ1) is 15.6. The Labute approximate surface area is 186 Å². The second-order valence-electron chi connectivity index (χ2n) is 7.83. The average molecular weight is 435 g/mol. The van der Waals surface area contributed by atoms with Gasteiger partial charge in [0.1, 0.15) is 6.33 Å². The van der Waals surface area contributed by atoms with Crippen LogP contribution in [-0.4, -0.2) is 29.3 Å². The fourth-order valence-electron chi connectivity index (χ4n) is 3.92. The van der Waals surface area contributed by atoms with E-state index in [0.717, 1.165) is 41.6 Å². The number of halogens is 1. The minimum absolute atomic E-state index is 0.271. The highest BCUT2D eigenvalue weighted by atomic mass is 19.1. The molecule has 0 unspecified atom stereocenters. The van der Waals surface area contributed by atoms with Crippen LogP contribution in [0.4, 0.5) is 4.39 Å². The van der Waals surface area contributed by atoms with Crippen LogP contribution in [0.1, 0.15) is 44.4 Å². The third kappa shape index (κ3) is 4.26. The third-order valence-electron chi connectivity index (χ3n) is 5.59. The molecule has 4 rings (SSSR count). The molecule has 2 aromatic carbocycles. The van der Waals surface area contributed by atoms with Crippen LogP contribution in [0.2, 0.25) is 0 Å². The summed E-state index contributed by atoms with van der Waals surface area (Å²) in [6, 6.07) is 15.9. The van der Waals surface area contributed by atoms with E-state index >= 15 is 0 Å². The Bertz CT molecular complexity index is 1220. The van der Waals surface area contributed by atoms with E-state index in [4.69, 9.17) is 0 Å². The maximum atomic E-state index is 15.0. The molecule has 2 aromatic heterocycles. The average Bonchev–Trinajstić information content (AvgIpc) is 3.43. The number of imidazole rings is 1. The van der Waals surface area contributed by atoms with Crippen LogP contribution in [0.3, 0.4) is 0 Å². The molecule has 0 bridgehead atoms. The Hall–Kier alpha value is -3.55. The highest BCUT2D eigenvalue weighted by Gasteiger charge is 2.19. The van der Waals surface area contributed by atoms with E-state index in [1.165, 1.54) is 4.57 Å². The molecular weight excluding hydrogens is 407 g/mol. The van der Waals surface area contributed by atoms with Gasteiger partial charge >= 0.3 is 5.69 Å². The van der Waals surface area contributed by atoms with Crippen LogP contribution in [0.25, 0.3) is 16.8 Å². The van der Waals surface area contributed by atoms with Crippen LogP contribution >= 0.6 is 0 Å². The number of benzene rings is 2. The van der Waals surface area contributed by atoms with Crippen molar-refractivity contribution in [3.63, 3.8) is 0 Å². The summed E-state index contributed by atoms with van der Waals surface area (Å²) in [5, 5.41) is 11.4. The highest BCUT2D eigenvalue weighted by molar-refractivity contribution is 5.72. The number of aromatic nitrogens is 6. The lowest BCUT2D eigenvalue weighted by molar-refractivity contribution is 0.466. The fourth-order valence-corrected chi connectivity index (χ4v) is 3.92. The molecule has 166 valence electrons. The molecule has 0 atom stereocenters. The van der Waals surface area contributed by atoms with Crippen molar-refractivity contribution in [2.75, 3.05) is 0 Å². The van der Waals surface area contributed by atoms with E-state index in [1.807, 2.05) is 62.4 Å². The first-order valence-corrected chi connectivity index (χ1v) is 11.0. The molecule has 0 saturated heterocycles. The standard InChI is InChI=1S/C24H27FN6O/c1-3-5-15-29-23(25)22(8-4-2)30(24(29)32)16-18-11-13-19(14-12-18)20-9-6-7-10-21(20)31-17-26-27-28-31/h6-7,9-14,17H,3-5,8,15-16H2,1-2H3. The van der Waals surface area contributed by atoms with Gasteiger partial charge in [0, 0.05) is 12.1 Å². The molecule has 0 aliphatic carbocycles. The normalized spacial score (nSPS) is 11.2. The van der Waals surface area contributed by atoms with Gasteiger partial charge in [-0.25, -0.2) is 4.79 Å². The summed E-state index contributed by atoms with van der Waals surface area (Å²) in [5.41, 5.74) is 4.04. The van der Waals surface area contributed by atoms with E-state index in [1.54, 1.807) is 15.6 Å². The van der Waals surface area contributed by atoms with E-state index in [2.05, 4.69) is 15.5 Å². The number of unbranched alkanes of at least 4 members (excludes halogenated alkanes) is 1. The van der Waals surface area contributed by atoms with Crippen molar-refractivity contribution >= 4 is 0 Å². The number of rotatable bonds is 9. The van der Waals surface area contributed by atoms with Gasteiger partial charge in [-0.1, -0.05) is 69.2 Å². The number of para-hydroxylation sites is 1. The summed E-state index contributed by atoms with van der Waals surface area (Å²) in [7, 11) is 0. The zero-order valence-electron chi connectivity index (χ0n) is 18.4. The first kappa shape index (κ1) is 21.7. The van der Waals surface area contributed by atoms with Crippen LogP contribution in [0.15, 0.2) is 59.7 Å². The Morgan fingerprint density at radius 1 is 0.969 bits per heavy atom. The lowest BCUT2D eigenvalue weighted by atomic mass is 10.0. The number of tetrazole rings is 1. The number of hydrogen-bond acceptors (Lipinski definition) is 4. The number of hydrogen-bond donors (Lipinski definition) is 0. The third-order valence-corrected chi connectivity index (χ3v) is 5.59. The smallest absolute Gasteiger partial charge is 0.289 e. The van der Waals surface area contributed by atoms with Gasteiger partial charge in [0.2, 0.25) is 5.95 Å². The molecule has 0 radical (unpaired) electrons. The molecule has 4 aromatic rings. The van der Waals surface area contributed by atoms with Crippen molar-refractivity contribution in [3.8, 4) is 16.8 Å². The monoisotopic (exact) mass is 434 g/mol. The van der Waals surface area contributed by atoms with Crippen LogP contribution < -0.4 is 5.69 Å². The van der Waals surface area contributed by atoms with Crippen molar-refractivity contribution in [2.45, 2.75) is 52.6 Å². The summed E-state index contributed by atoms with van der Waals surface area (Å²) in [5.74, 6) is -0.391. The van der Waals surface area contributed by atoms with Crippen LogP contribution in [0.5, 0.6) is 0 Å². The lowest BCUT2D eigenvalue weighted by Crippen LogP contribution is -2.26. The first-order valence-electron chi connectivity index (χ1n) is 11.0. The van der Waals surface area contributed by atoms with E-state index in [0.29, 0.717) is 25.2 Å². The summed E-state index contributed by atoms with van der Waals surface area (Å²) < 4.78 is 19.4. The summed E-state index contributed by atoms with van der Waals surface area (Å²) in [4.78, 5) is 12.9. The SMILES string of the molecule is CCCCn1c(F)c(CCC)n(Cc2ccc(-c3ccccc3-n3cnnn3)cc2)c1=O. The summed E-state index contributed by atoms with van der Waals surface area (Å²) >= 11 is 0. The van der Waals surface area contributed by atoms with E-state index in [-0.39, 0.29) is 5.69 Å². The Balaban J connectivity index is 1.64. The van der Waals surface area contributed by atoms with Gasteiger partial charge in [0.25, 0.3) is 0 Å². The van der Waals surface area contributed by atoms with Crippen molar-refractivity contribution in [1.82, 2.24) is 29.3 Å². The topological polar surface area (TPSA) is 70.5 Å². The predicted octanol–water partition coefficient (Wildman–Crippen LogP) is 4.23. The molecule has 0 spiro atoms. The van der Waals surface area contributed by atoms with E-state index in [9.17, 15) is 9.18 Å². The molecule has 0 aliphatic rings. The van der Waals surface area contributed by atoms with Crippen molar-refractivity contribution in [3.05, 3.63) is 82.5 Å². The number of nitrogens with zero attached hydrogens (tertiary/aromatic N) is 6. The van der Waals surface area contributed by atoms with Gasteiger partial charge in [-0.2, -0.15) is 9.07 Å². The second kappa shape index (κ2) is 9.72. The van der Waals surface area contributed by atoms with Crippen molar-refractivity contribution in [1.29, 1.82) is 0 Å². The maximum absolute atomic E-state index is 15.0. The molecule has 32 heavy (non-hydrogen) atoms. The van der Waals surface area contributed by atoms with Gasteiger partial charge in [-0.3, -0.25) is 9.13 Å². The maximum Gasteiger partial charge on any atom is 0.330 e. The molecular formula is C24H27FN6O. The quantitative estimate of drug-likeness (QED) is 0.395. The largest absolute Gasteiger partial charge is 0.330 e. The predicted molar refractivity (Wildman–Crippen MR) is 121 cm³/mol. The van der Waals surface area contributed by atoms with Crippen molar-refractivity contribution in [2.24, 2.45) is 0 Å². The van der Waals surface area contributed by atoms with Gasteiger partial charge in [0.05, 0.1) is 17.9 Å². The summed E-state index contributed by atoms with van der Waals surface area (Å²) in [6.07, 6.45) is 4.57. The lowest BCUT2D eigenvalue weighted by Gasteiger charge is -2.10. The molecule has 2 heterocycles. The molecule has 8 heteroatoms. The van der Waals surface area contributed by atoms with Gasteiger partial charge in [0.15, 0.2) is 0 Å². The van der Waals surface area contributed by atoms with E-state index < -0.39 is 5.95 Å². The van der Waals surface area contributed by atoms with Crippen LogP contribution in [0, 0.1) is 5.95 Å².